The summed E-state index contributed by atoms with van der Waals surface area (Å²) >= 11 is 0. The Hall–Kier alpha value is -3.29. The van der Waals surface area contributed by atoms with Crippen LogP contribution in [0.3, 0.4) is 0 Å². The second kappa shape index (κ2) is 6.87. The number of pyridine rings is 1. The predicted octanol–water partition coefficient (Wildman–Crippen LogP) is 3.88. The number of carbonyl (C=O) groups excluding carboxylic acids is 1. The van der Waals surface area contributed by atoms with Gasteiger partial charge >= 0.3 is 0 Å². The Morgan fingerprint density at radius 2 is 2.06 bits per heavy atom. The van der Waals surface area contributed by atoms with Crippen LogP contribution >= 0.6 is 0 Å². The van der Waals surface area contributed by atoms with Crippen molar-refractivity contribution in [1.82, 2.24) is 20.1 Å². The highest BCUT2D eigenvalue weighted by molar-refractivity contribution is 5.95. The summed E-state index contributed by atoms with van der Waals surface area (Å²) in [6, 6.07) is 6.98. The molecule has 2 heterocycles. The van der Waals surface area contributed by atoms with Crippen molar-refractivity contribution in [3.05, 3.63) is 70.7 Å². The first-order valence-electron chi connectivity index (χ1n) is 10.2. The molecule has 3 aromatic rings. The maximum atomic E-state index is 14.5. The van der Waals surface area contributed by atoms with Crippen LogP contribution in [0, 0.1) is 17.6 Å². The van der Waals surface area contributed by atoms with Crippen LogP contribution in [0.4, 0.5) is 8.78 Å². The second-order valence-corrected chi connectivity index (χ2v) is 8.69. The highest BCUT2D eigenvalue weighted by Crippen LogP contribution is 2.57. The Morgan fingerprint density at radius 3 is 2.74 bits per heavy atom. The molecule has 2 aromatic heterocycles. The molecule has 2 aliphatic rings. The maximum absolute atomic E-state index is 14.5. The number of halogens is 2. The molecule has 0 saturated heterocycles. The van der Waals surface area contributed by atoms with E-state index in [9.17, 15) is 13.6 Å². The molecule has 0 unspecified atom stereocenters. The normalized spacial score (nSPS) is 19.0. The highest BCUT2D eigenvalue weighted by Gasteiger charge is 2.50. The minimum atomic E-state index is -0.713. The summed E-state index contributed by atoms with van der Waals surface area (Å²) in [5, 5.41) is 7.51. The molecule has 6 nitrogen and oxygen atoms in total. The largest absolute Gasteiger partial charge is 0.481 e. The van der Waals surface area contributed by atoms with Gasteiger partial charge in [0.1, 0.15) is 11.5 Å². The Bertz CT molecular complexity index is 1190. The van der Waals surface area contributed by atoms with Gasteiger partial charge in [-0.2, -0.15) is 5.10 Å². The Kier molecular flexibility index (Phi) is 4.35. The van der Waals surface area contributed by atoms with Crippen LogP contribution in [0.5, 0.6) is 5.88 Å². The Labute approximate surface area is 178 Å². The number of hydrogen-bond acceptors (Lipinski definition) is 4. The van der Waals surface area contributed by atoms with E-state index in [2.05, 4.69) is 15.4 Å². The second-order valence-electron chi connectivity index (χ2n) is 8.69. The molecule has 160 valence electrons. The molecule has 1 N–H and O–H groups in total. The van der Waals surface area contributed by atoms with Crippen LogP contribution in [0.15, 0.2) is 36.5 Å². The zero-order valence-corrected chi connectivity index (χ0v) is 17.4. The molecule has 2 aliphatic carbocycles. The van der Waals surface area contributed by atoms with Crippen LogP contribution in [-0.4, -0.2) is 27.8 Å². The summed E-state index contributed by atoms with van der Waals surface area (Å²) in [5.41, 5.74) is 2.26. The van der Waals surface area contributed by atoms with Gasteiger partial charge in [0.25, 0.3) is 5.91 Å². The first-order chi connectivity index (χ1) is 14.8. The molecule has 1 saturated carbocycles. The predicted molar refractivity (Wildman–Crippen MR) is 109 cm³/mol. The third kappa shape index (κ3) is 3.26. The summed E-state index contributed by atoms with van der Waals surface area (Å²) in [5.74, 6) is -0.462. The molecule has 0 radical (unpaired) electrons. The van der Waals surface area contributed by atoms with Gasteiger partial charge in [-0.1, -0.05) is 0 Å². The van der Waals surface area contributed by atoms with Crippen molar-refractivity contribution in [3.63, 3.8) is 0 Å². The number of hydrogen-bond donors (Lipinski definition) is 1. The molecule has 1 fully saturated rings. The van der Waals surface area contributed by atoms with E-state index >= 15 is 0 Å². The first kappa shape index (κ1) is 19.7. The van der Waals surface area contributed by atoms with Gasteiger partial charge in [0, 0.05) is 29.8 Å². The van der Waals surface area contributed by atoms with E-state index in [0.717, 1.165) is 35.7 Å². The monoisotopic (exact) mass is 424 g/mol. The average molecular weight is 424 g/mol. The third-order valence-corrected chi connectivity index (χ3v) is 6.21. The Morgan fingerprint density at radius 1 is 1.26 bits per heavy atom. The summed E-state index contributed by atoms with van der Waals surface area (Å²) in [7, 11) is 1.54. The van der Waals surface area contributed by atoms with Crippen LogP contribution in [-0.2, 0) is 12.0 Å². The summed E-state index contributed by atoms with van der Waals surface area (Å²) in [6.45, 7) is 3.76. The number of ether oxygens (including phenoxy) is 1. The molecule has 31 heavy (non-hydrogen) atoms. The number of nitrogens with one attached hydrogen (secondary N) is 1. The smallest absolute Gasteiger partial charge is 0.272 e. The van der Waals surface area contributed by atoms with E-state index in [1.54, 1.807) is 19.4 Å². The van der Waals surface area contributed by atoms with Crippen LogP contribution in [0.1, 0.15) is 53.5 Å². The van der Waals surface area contributed by atoms with Crippen molar-refractivity contribution in [2.24, 2.45) is 5.92 Å². The fourth-order valence-corrected chi connectivity index (χ4v) is 4.42. The lowest BCUT2D eigenvalue weighted by atomic mass is 9.95. The molecule has 5 rings (SSSR count). The zero-order chi connectivity index (χ0) is 21.9. The minimum absolute atomic E-state index is 0.155. The van der Waals surface area contributed by atoms with Gasteiger partial charge in [0.05, 0.1) is 18.3 Å². The van der Waals surface area contributed by atoms with Crippen LogP contribution in [0.2, 0.25) is 0 Å². The number of benzene rings is 1. The van der Waals surface area contributed by atoms with Crippen LogP contribution in [0.25, 0.3) is 5.69 Å². The maximum Gasteiger partial charge on any atom is 0.272 e. The van der Waals surface area contributed by atoms with Crippen LogP contribution < -0.4 is 10.1 Å². The zero-order valence-electron chi connectivity index (χ0n) is 17.4. The number of methoxy groups -OCH3 is 1. The minimum Gasteiger partial charge on any atom is -0.481 e. The topological polar surface area (TPSA) is 69.0 Å². The summed E-state index contributed by atoms with van der Waals surface area (Å²) < 4.78 is 34.5. The van der Waals surface area contributed by atoms with Gasteiger partial charge in [-0.05, 0) is 56.4 Å². The summed E-state index contributed by atoms with van der Waals surface area (Å²) in [6.07, 6.45) is 3.41. The lowest BCUT2D eigenvalue weighted by Gasteiger charge is -2.26. The molecular formula is C23H22F2N4O2. The molecule has 1 amide bonds. The van der Waals surface area contributed by atoms with Gasteiger partial charge in [-0.15, -0.1) is 0 Å². The molecule has 2 atom stereocenters. The van der Waals surface area contributed by atoms with E-state index in [0.29, 0.717) is 17.5 Å². The van der Waals surface area contributed by atoms with Crippen molar-refractivity contribution in [2.45, 2.75) is 38.1 Å². The van der Waals surface area contributed by atoms with Gasteiger partial charge in [-0.25, -0.2) is 18.4 Å². The molecule has 0 bridgehead atoms. The lowest BCUT2D eigenvalue weighted by Crippen LogP contribution is -2.41. The van der Waals surface area contributed by atoms with Crippen molar-refractivity contribution in [3.8, 4) is 11.6 Å². The van der Waals surface area contributed by atoms with Crippen molar-refractivity contribution in [1.29, 1.82) is 0 Å². The van der Waals surface area contributed by atoms with E-state index in [4.69, 9.17) is 4.74 Å². The number of amides is 1. The lowest BCUT2D eigenvalue weighted by molar-refractivity contribution is 0.0905. The number of rotatable bonds is 5. The van der Waals surface area contributed by atoms with E-state index in [1.807, 2.05) is 19.9 Å². The fraction of sp³-hybridized carbons (Fsp3) is 0.348. The van der Waals surface area contributed by atoms with Gasteiger partial charge < -0.3 is 10.1 Å². The molecule has 0 aliphatic heterocycles. The van der Waals surface area contributed by atoms with Gasteiger partial charge in [0.2, 0.25) is 5.88 Å². The standard InChI is InChI=1S/C23H22F2N4O2/c1-23(2,13-4-7-19(31-3)26-11-13)27-22(30)20-16-9-12-8-15(12)21(16)29(28-20)18-6-5-14(24)10-17(18)25/h4-7,10-12,15H,8-9H2,1-3H3,(H,27,30)/t12-,15-/m1/s1. The number of aromatic nitrogens is 3. The Balaban J connectivity index is 1.49. The number of nitrogens with zero attached hydrogens (tertiary/aromatic N) is 3. The highest BCUT2D eigenvalue weighted by atomic mass is 19.1. The quantitative estimate of drug-likeness (QED) is 0.675. The summed E-state index contributed by atoms with van der Waals surface area (Å²) in [4.78, 5) is 17.4. The molecule has 0 spiro atoms. The van der Waals surface area contributed by atoms with Crippen molar-refractivity contribution >= 4 is 5.91 Å². The molecule has 1 aromatic carbocycles. The van der Waals surface area contributed by atoms with Crippen molar-refractivity contribution in [2.75, 3.05) is 7.11 Å². The van der Waals surface area contributed by atoms with E-state index < -0.39 is 17.2 Å². The number of carbonyl (C=O) groups is 1. The van der Waals surface area contributed by atoms with Crippen molar-refractivity contribution < 1.29 is 18.3 Å². The van der Waals surface area contributed by atoms with E-state index in [-0.39, 0.29) is 17.5 Å². The first-order valence-corrected chi connectivity index (χ1v) is 10.2. The fourth-order valence-electron chi connectivity index (χ4n) is 4.42. The molecule has 8 heteroatoms. The number of fused-ring (bicyclic) bond motifs is 3. The average Bonchev–Trinajstić information content (AvgIpc) is 3.23. The van der Waals surface area contributed by atoms with E-state index in [1.165, 1.54) is 16.8 Å². The SMILES string of the molecule is COc1ccc(C(C)(C)NC(=O)c2nn(-c3ccc(F)cc3F)c3c2C[C@H]2C[C@@H]32)cn1. The van der Waals surface area contributed by atoms with Gasteiger partial charge in [-0.3, -0.25) is 4.79 Å². The third-order valence-electron chi connectivity index (χ3n) is 6.21. The van der Waals surface area contributed by atoms with Gasteiger partial charge in [0.15, 0.2) is 11.5 Å². The molecular weight excluding hydrogens is 402 g/mol.